The fourth-order valence-electron chi connectivity index (χ4n) is 2.95. The van der Waals surface area contributed by atoms with Gasteiger partial charge in [0, 0.05) is 28.9 Å². The lowest BCUT2D eigenvalue weighted by atomic mass is 10.0. The number of carbonyl (C=O) groups is 1. The summed E-state index contributed by atoms with van der Waals surface area (Å²) < 4.78 is 25.0. The quantitative estimate of drug-likeness (QED) is 0.750. The molecule has 26 heavy (non-hydrogen) atoms. The Morgan fingerprint density at radius 1 is 1.31 bits per heavy atom. The van der Waals surface area contributed by atoms with Gasteiger partial charge in [-0.3, -0.25) is 4.79 Å². The molecule has 138 valence electrons. The second kappa shape index (κ2) is 7.85. The summed E-state index contributed by atoms with van der Waals surface area (Å²) in [7, 11) is -3.07. The van der Waals surface area contributed by atoms with Gasteiger partial charge in [0.05, 0.1) is 23.9 Å². The summed E-state index contributed by atoms with van der Waals surface area (Å²) in [5, 5.41) is 8.98. The third kappa shape index (κ3) is 4.40. The zero-order chi connectivity index (χ0) is 19.5. The molecule has 0 aliphatic heterocycles. The smallest absolute Gasteiger partial charge is 0.178 e. The lowest BCUT2D eigenvalue weighted by Crippen LogP contribution is -2.14. The van der Waals surface area contributed by atoms with Gasteiger partial charge in [-0.25, -0.2) is 8.42 Å². The van der Waals surface area contributed by atoms with E-state index >= 15 is 0 Å². The highest BCUT2D eigenvalue weighted by molar-refractivity contribution is 7.90. The molecule has 0 spiro atoms. The number of ketones is 1. The van der Waals surface area contributed by atoms with E-state index in [4.69, 9.17) is 11.0 Å². The third-order valence-electron chi connectivity index (χ3n) is 4.44. The van der Waals surface area contributed by atoms with Crippen molar-refractivity contribution in [2.24, 2.45) is 5.73 Å². The molecule has 2 N–H and O–H groups in total. The lowest BCUT2D eigenvalue weighted by molar-refractivity contribution is 0.100. The van der Waals surface area contributed by atoms with Crippen LogP contribution < -0.4 is 5.73 Å². The summed E-state index contributed by atoms with van der Waals surface area (Å²) in [5.41, 5.74) is 9.04. The van der Waals surface area contributed by atoms with Crippen molar-refractivity contribution >= 4 is 15.6 Å². The van der Waals surface area contributed by atoms with Crippen LogP contribution in [0.3, 0.4) is 0 Å². The van der Waals surface area contributed by atoms with Crippen molar-refractivity contribution in [2.45, 2.75) is 26.2 Å². The van der Waals surface area contributed by atoms with Crippen LogP contribution in [0.4, 0.5) is 0 Å². The first-order valence-corrected chi connectivity index (χ1v) is 10.4. The number of hydrogen-bond donors (Lipinski definition) is 1. The number of nitriles is 1. The van der Waals surface area contributed by atoms with E-state index in [1.807, 2.05) is 30.5 Å². The number of benzene rings is 1. The molecule has 1 aromatic carbocycles. The standard InChI is InChI=1S/C19H23N3O3S/c1-13(8-9-26(3,24)25)18-10-17(19(23)12-21)14(2)22(18)16-6-4-15(11-20)5-7-16/h4-7,10,13H,8-9,12,21H2,1-3H3. The van der Waals surface area contributed by atoms with Crippen molar-refractivity contribution in [3.8, 4) is 11.8 Å². The van der Waals surface area contributed by atoms with Gasteiger partial charge in [-0.1, -0.05) is 6.92 Å². The van der Waals surface area contributed by atoms with Crippen LogP contribution in [0.1, 0.15) is 46.6 Å². The number of Topliss-reactive ketones (excluding diaryl/α,β-unsaturated/α-hetero) is 1. The lowest BCUT2D eigenvalue weighted by Gasteiger charge is -2.17. The summed E-state index contributed by atoms with van der Waals surface area (Å²) in [4.78, 5) is 12.2. The van der Waals surface area contributed by atoms with Gasteiger partial charge in [-0.05, 0) is 49.6 Å². The average Bonchev–Trinajstić information content (AvgIpc) is 2.95. The van der Waals surface area contributed by atoms with Crippen LogP contribution in [0, 0.1) is 18.3 Å². The molecule has 6 nitrogen and oxygen atoms in total. The van der Waals surface area contributed by atoms with E-state index < -0.39 is 9.84 Å². The van der Waals surface area contributed by atoms with E-state index in [-0.39, 0.29) is 24.0 Å². The molecule has 0 fully saturated rings. The zero-order valence-electron chi connectivity index (χ0n) is 15.2. The SMILES string of the molecule is Cc1c(C(=O)CN)cc(C(C)CCS(C)(=O)=O)n1-c1ccc(C#N)cc1. The number of aromatic nitrogens is 1. The Kier molecular flexibility index (Phi) is 6.01. The minimum Gasteiger partial charge on any atom is -0.324 e. The largest absolute Gasteiger partial charge is 0.324 e. The zero-order valence-corrected chi connectivity index (χ0v) is 16.0. The van der Waals surface area contributed by atoms with Crippen LogP contribution in [-0.4, -0.2) is 37.3 Å². The predicted octanol–water partition coefficient (Wildman–Crippen LogP) is 2.34. The van der Waals surface area contributed by atoms with Gasteiger partial charge in [0.2, 0.25) is 0 Å². The first kappa shape index (κ1) is 19.9. The molecule has 1 atom stereocenters. The van der Waals surface area contributed by atoms with E-state index in [2.05, 4.69) is 6.07 Å². The van der Waals surface area contributed by atoms with Gasteiger partial charge in [0.15, 0.2) is 5.78 Å². The van der Waals surface area contributed by atoms with Crippen molar-refractivity contribution in [3.63, 3.8) is 0 Å². The van der Waals surface area contributed by atoms with Crippen LogP contribution in [0.15, 0.2) is 30.3 Å². The Labute approximate surface area is 154 Å². The molecule has 0 radical (unpaired) electrons. The summed E-state index contributed by atoms with van der Waals surface area (Å²) in [6, 6.07) is 10.9. The molecule has 7 heteroatoms. The normalized spacial score (nSPS) is 12.6. The van der Waals surface area contributed by atoms with Crippen LogP contribution in [0.25, 0.3) is 5.69 Å². The fraction of sp³-hybridized carbons (Fsp3) is 0.368. The Balaban J connectivity index is 2.54. The maximum Gasteiger partial charge on any atom is 0.178 e. The van der Waals surface area contributed by atoms with Crippen molar-refractivity contribution in [2.75, 3.05) is 18.6 Å². The fourth-order valence-corrected chi connectivity index (χ4v) is 3.73. The van der Waals surface area contributed by atoms with Crippen molar-refractivity contribution in [1.82, 2.24) is 4.57 Å². The van der Waals surface area contributed by atoms with E-state index in [9.17, 15) is 13.2 Å². The Hall–Kier alpha value is -2.43. The van der Waals surface area contributed by atoms with Gasteiger partial charge in [-0.15, -0.1) is 0 Å². The van der Waals surface area contributed by atoms with Gasteiger partial charge in [0.1, 0.15) is 9.84 Å². The summed E-state index contributed by atoms with van der Waals surface area (Å²) >= 11 is 0. The summed E-state index contributed by atoms with van der Waals surface area (Å²) in [5.74, 6) is -0.156. The van der Waals surface area contributed by atoms with E-state index in [0.29, 0.717) is 17.5 Å². The molecule has 0 aliphatic carbocycles. The van der Waals surface area contributed by atoms with E-state index in [1.165, 1.54) is 6.26 Å². The molecular weight excluding hydrogens is 350 g/mol. The summed E-state index contributed by atoms with van der Waals surface area (Å²) in [6.07, 6.45) is 1.67. The molecule has 0 bridgehead atoms. The first-order chi connectivity index (χ1) is 12.2. The molecule has 0 amide bonds. The van der Waals surface area contributed by atoms with E-state index in [0.717, 1.165) is 17.1 Å². The molecule has 2 rings (SSSR count). The maximum atomic E-state index is 12.2. The number of nitrogens with two attached hydrogens (primary N) is 1. The van der Waals surface area contributed by atoms with Crippen LogP contribution >= 0.6 is 0 Å². The predicted molar refractivity (Wildman–Crippen MR) is 101 cm³/mol. The van der Waals surface area contributed by atoms with Crippen LogP contribution in [0.2, 0.25) is 0 Å². The van der Waals surface area contributed by atoms with Crippen molar-refractivity contribution in [1.29, 1.82) is 5.26 Å². The average molecular weight is 373 g/mol. The van der Waals surface area contributed by atoms with Crippen LogP contribution in [-0.2, 0) is 9.84 Å². The molecule has 0 saturated heterocycles. The number of carbonyl (C=O) groups excluding carboxylic acids is 1. The maximum absolute atomic E-state index is 12.2. The van der Waals surface area contributed by atoms with Gasteiger partial charge >= 0.3 is 0 Å². The Morgan fingerprint density at radius 2 is 1.92 bits per heavy atom. The first-order valence-electron chi connectivity index (χ1n) is 8.31. The number of hydrogen-bond acceptors (Lipinski definition) is 5. The third-order valence-corrected chi connectivity index (χ3v) is 5.42. The molecule has 1 heterocycles. The number of rotatable bonds is 7. The molecule has 0 aliphatic rings. The highest BCUT2D eigenvalue weighted by Crippen LogP contribution is 2.29. The highest BCUT2D eigenvalue weighted by atomic mass is 32.2. The Bertz CT molecular complexity index is 951. The Morgan fingerprint density at radius 3 is 2.42 bits per heavy atom. The topological polar surface area (TPSA) is 106 Å². The summed E-state index contributed by atoms with van der Waals surface area (Å²) in [6.45, 7) is 3.69. The molecular formula is C19H23N3O3S. The molecule has 1 unspecified atom stereocenters. The van der Waals surface area contributed by atoms with Crippen molar-refractivity contribution < 1.29 is 13.2 Å². The van der Waals surface area contributed by atoms with Gasteiger partial charge in [-0.2, -0.15) is 5.26 Å². The number of sulfone groups is 1. The van der Waals surface area contributed by atoms with Crippen LogP contribution in [0.5, 0.6) is 0 Å². The minimum absolute atomic E-state index is 0.0709. The molecule has 0 saturated carbocycles. The van der Waals surface area contributed by atoms with Gasteiger partial charge in [0.25, 0.3) is 0 Å². The molecule has 2 aromatic rings. The van der Waals surface area contributed by atoms with Gasteiger partial charge < -0.3 is 10.3 Å². The second-order valence-electron chi connectivity index (χ2n) is 6.51. The minimum atomic E-state index is -3.07. The monoisotopic (exact) mass is 373 g/mol. The molecule has 1 aromatic heterocycles. The van der Waals surface area contributed by atoms with Crippen molar-refractivity contribution in [3.05, 3.63) is 52.8 Å². The number of nitrogens with zero attached hydrogens (tertiary/aromatic N) is 2. The second-order valence-corrected chi connectivity index (χ2v) is 8.77. The van der Waals surface area contributed by atoms with E-state index in [1.54, 1.807) is 18.2 Å². The highest BCUT2D eigenvalue weighted by Gasteiger charge is 2.22.